The molecule has 2 fully saturated rings. The summed E-state index contributed by atoms with van der Waals surface area (Å²) < 4.78 is 6.88. The second kappa shape index (κ2) is 8.35. The monoisotopic (exact) mass is 427 g/mol. The second-order valence-corrected chi connectivity index (χ2v) is 14.6. The van der Waals surface area contributed by atoms with Crippen molar-refractivity contribution in [1.82, 2.24) is 5.32 Å². The number of benzene rings is 1. The number of halogens is 2. The Balaban J connectivity index is 1.74. The van der Waals surface area contributed by atoms with Gasteiger partial charge in [-0.3, -0.25) is 0 Å². The minimum absolute atomic E-state index is 0.0670. The Morgan fingerprint density at radius 2 is 1.59 bits per heavy atom. The van der Waals surface area contributed by atoms with E-state index in [1.54, 1.807) is 0 Å². The van der Waals surface area contributed by atoms with Gasteiger partial charge < -0.3 is 9.74 Å². The van der Waals surface area contributed by atoms with Crippen LogP contribution in [-0.2, 0) is 4.43 Å². The number of hydrogen-bond donors (Lipinski definition) is 1. The van der Waals surface area contributed by atoms with Gasteiger partial charge in [0.05, 0.1) is 6.10 Å². The van der Waals surface area contributed by atoms with E-state index in [-0.39, 0.29) is 6.10 Å². The van der Waals surface area contributed by atoms with Gasteiger partial charge in [0.15, 0.2) is 8.32 Å². The third-order valence-electron chi connectivity index (χ3n) is 7.60. The standard InChI is InChI=1S/C22H35Cl2NOSi/c1-6-27(7-2,8-3)26-20(21-18(23)10-9-11-19(21)24)14-25-15-12-16-17(13-15)22(16,4)5/h9-11,15-17,20,25H,6-8,12-14H2,1-5H3/t15-,16+,17-,20?. The Bertz CT molecular complexity index is 619. The summed E-state index contributed by atoms with van der Waals surface area (Å²) in [6.07, 6.45) is 2.51. The van der Waals surface area contributed by atoms with Gasteiger partial charge >= 0.3 is 0 Å². The molecule has 3 rings (SSSR count). The van der Waals surface area contributed by atoms with Crippen LogP contribution in [0.1, 0.15) is 59.1 Å². The van der Waals surface area contributed by atoms with Crippen molar-refractivity contribution in [3.8, 4) is 0 Å². The van der Waals surface area contributed by atoms with Crippen LogP contribution in [0.15, 0.2) is 18.2 Å². The zero-order chi connectivity index (χ0) is 19.8. The number of rotatable bonds is 9. The summed E-state index contributed by atoms with van der Waals surface area (Å²) in [5, 5.41) is 5.24. The van der Waals surface area contributed by atoms with Crippen LogP contribution in [-0.4, -0.2) is 20.9 Å². The summed E-state index contributed by atoms with van der Waals surface area (Å²) in [5.41, 5.74) is 1.53. The van der Waals surface area contributed by atoms with E-state index < -0.39 is 8.32 Å². The van der Waals surface area contributed by atoms with Crippen molar-refractivity contribution < 1.29 is 4.43 Å². The molecular formula is C22H35Cl2NOSi. The van der Waals surface area contributed by atoms with Crippen molar-refractivity contribution in [2.45, 2.75) is 77.7 Å². The van der Waals surface area contributed by atoms with Gasteiger partial charge in [0, 0.05) is 28.2 Å². The van der Waals surface area contributed by atoms with Crippen LogP contribution in [0.2, 0.25) is 28.2 Å². The molecule has 0 aliphatic heterocycles. The van der Waals surface area contributed by atoms with Gasteiger partial charge in [-0.15, -0.1) is 0 Å². The molecule has 5 heteroatoms. The molecule has 2 aliphatic rings. The molecule has 1 N–H and O–H groups in total. The fraction of sp³-hybridized carbons (Fsp3) is 0.727. The largest absolute Gasteiger partial charge is 0.409 e. The van der Waals surface area contributed by atoms with E-state index in [1.165, 1.54) is 12.8 Å². The molecule has 2 aliphatic carbocycles. The Morgan fingerprint density at radius 3 is 2.07 bits per heavy atom. The Kier molecular flexibility index (Phi) is 6.70. The lowest BCUT2D eigenvalue weighted by molar-refractivity contribution is 0.179. The Morgan fingerprint density at radius 1 is 1.07 bits per heavy atom. The smallest absolute Gasteiger partial charge is 0.192 e. The molecule has 4 atom stereocenters. The van der Waals surface area contributed by atoms with Gasteiger partial charge in [0.1, 0.15) is 0 Å². The highest BCUT2D eigenvalue weighted by Gasteiger charge is 2.61. The minimum Gasteiger partial charge on any atom is -0.409 e. The molecule has 1 unspecified atom stereocenters. The van der Waals surface area contributed by atoms with Gasteiger partial charge in [-0.05, 0) is 60.4 Å². The van der Waals surface area contributed by atoms with Crippen molar-refractivity contribution in [3.05, 3.63) is 33.8 Å². The highest BCUT2D eigenvalue weighted by Crippen LogP contribution is 2.66. The van der Waals surface area contributed by atoms with Crippen LogP contribution >= 0.6 is 23.2 Å². The molecule has 0 spiro atoms. The average Bonchev–Trinajstić information content (AvgIpc) is 3.00. The Hall–Kier alpha value is -0.0631. The molecule has 1 aromatic carbocycles. The fourth-order valence-corrected chi connectivity index (χ4v) is 8.71. The van der Waals surface area contributed by atoms with E-state index in [4.69, 9.17) is 27.6 Å². The van der Waals surface area contributed by atoms with Gasteiger partial charge in [0.25, 0.3) is 0 Å². The molecule has 2 saturated carbocycles. The molecule has 27 heavy (non-hydrogen) atoms. The molecule has 0 amide bonds. The molecule has 0 saturated heterocycles. The molecule has 0 heterocycles. The second-order valence-electron chi connectivity index (χ2n) is 9.10. The molecule has 1 aromatic rings. The van der Waals surface area contributed by atoms with Crippen LogP contribution < -0.4 is 5.32 Å². The van der Waals surface area contributed by atoms with Gasteiger partial charge in [-0.2, -0.15) is 0 Å². The fourth-order valence-electron chi connectivity index (χ4n) is 5.27. The van der Waals surface area contributed by atoms with Crippen molar-refractivity contribution in [2.24, 2.45) is 17.3 Å². The molecule has 152 valence electrons. The lowest BCUT2D eigenvalue weighted by atomic mass is 9.97. The predicted octanol–water partition coefficient (Wildman–Crippen LogP) is 7.08. The van der Waals surface area contributed by atoms with E-state index in [1.807, 2.05) is 18.2 Å². The maximum absolute atomic E-state index is 6.88. The lowest BCUT2D eigenvalue weighted by Gasteiger charge is -2.35. The molecule has 2 nitrogen and oxygen atoms in total. The number of hydrogen-bond acceptors (Lipinski definition) is 2. The normalized spacial score (nSPS) is 27.4. The first kappa shape index (κ1) is 21.6. The zero-order valence-electron chi connectivity index (χ0n) is 17.4. The summed E-state index contributed by atoms with van der Waals surface area (Å²) in [6, 6.07) is 9.75. The summed E-state index contributed by atoms with van der Waals surface area (Å²) in [4.78, 5) is 0. The summed E-state index contributed by atoms with van der Waals surface area (Å²) in [7, 11) is -1.77. The zero-order valence-corrected chi connectivity index (χ0v) is 20.0. The van der Waals surface area contributed by atoms with Gasteiger partial charge in [0.2, 0.25) is 0 Å². The van der Waals surface area contributed by atoms with Crippen molar-refractivity contribution in [1.29, 1.82) is 0 Å². The van der Waals surface area contributed by atoms with Gasteiger partial charge in [-0.25, -0.2) is 0 Å². The molecule has 0 aromatic heterocycles. The molecular weight excluding hydrogens is 393 g/mol. The maximum Gasteiger partial charge on any atom is 0.192 e. The number of fused-ring (bicyclic) bond motifs is 1. The van der Waals surface area contributed by atoms with E-state index in [0.717, 1.165) is 52.1 Å². The van der Waals surface area contributed by atoms with E-state index in [2.05, 4.69) is 39.9 Å². The highest BCUT2D eigenvalue weighted by atomic mass is 35.5. The quantitative estimate of drug-likeness (QED) is 0.424. The first-order chi connectivity index (χ1) is 12.8. The summed E-state index contributed by atoms with van der Waals surface area (Å²) in [6.45, 7) is 12.4. The minimum atomic E-state index is -1.77. The Labute approximate surface area is 176 Å². The van der Waals surface area contributed by atoms with Crippen LogP contribution in [0.4, 0.5) is 0 Å². The summed E-state index contributed by atoms with van der Waals surface area (Å²) >= 11 is 13.1. The predicted molar refractivity (Wildman–Crippen MR) is 119 cm³/mol. The lowest BCUT2D eigenvalue weighted by Crippen LogP contribution is -2.41. The number of nitrogens with one attached hydrogen (secondary N) is 1. The van der Waals surface area contributed by atoms with E-state index in [9.17, 15) is 0 Å². The highest BCUT2D eigenvalue weighted by molar-refractivity contribution is 6.73. The first-order valence-corrected chi connectivity index (χ1v) is 13.9. The van der Waals surface area contributed by atoms with Crippen LogP contribution in [0.25, 0.3) is 0 Å². The molecule has 0 bridgehead atoms. The van der Waals surface area contributed by atoms with Crippen molar-refractivity contribution in [3.63, 3.8) is 0 Å². The topological polar surface area (TPSA) is 21.3 Å². The first-order valence-electron chi connectivity index (χ1n) is 10.6. The molecule has 0 radical (unpaired) electrons. The van der Waals surface area contributed by atoms with Crippen LogP contribution in [0, 0.1) is 17.3 Å². The van der Waals surface area contributed by atoms with E-state index >= 15 is 0 Å². The third-order valence-corrected chi connectivity index (χ3v) is 12.9. The van der Waals surface area contributed by atoms with Crippen molar-refractivity contribution in [2.75, 3.05) is 6.54 Å². The third kappa shape index (κ3) is 4.28. The van der Waals surface area contributed by atoms with Crippen molar-refractivity contribution >= 4 is 31.5 Å². The average molecular weight is 429 g/mol. The van der Waals surface area contributed by atoms with E-state index in [0.29, 0.717) is 11.5 Å². The maximum atomic E-state index is 6.88. The van der Waals surface area contributed by atoms with Crippen LogP contribution in [0.3, 0.4) is 0 Å². The summed E-state index contributed by atoms with van der Waals surface area (Å²) in [5.74, 6) is 1.79. The SMILES string of the molecule is CC[Si](CC)(CC)OC(CN[C@H]1C[C@@H]2[C@H](C1)C2(C)C)c1c(Cl)cccc1Cl. The van der Waals surface area contributed by atoms with Gasteiger partial charge in [-0.1, -0.05) is 63.9 Å². The van der Waals surface area contributed by atoms with Crippen LogP contribution in [0.5, 0.6) is 0 Å².